The predicted molar refractivity (Wildman–Crippen MR) is 90.7 cm³/mol. The first-order valence-corrected chi connectivity index (χ1v) is 8.68. The number of Topliss-reactive ketones (excluding diaryl/α,β-unsaturated/α-hetero) is 1. The smallest absolute Gasteiger partial charge is 0.166 e. The summed E-state index contributed by atoms with van der Waals surface area (Å²) in [7, 11) is 0. The molecule has 0 amide bonds. The summed E-state index contributed by atoms with van der Waals surface area (Å²) >= 11 is 0. The Balaban J connectivity index is 2.67. The van der Waals surface area contributed by atoms with Gasteiger partial charge in [-0.05, 0) is 30.9 Å². The molecule has 2 N–H and O–H groups in total. The van der Waals surface area contributed by atoms with Crippen LogP contribution >= 0.6 is 0 Å². The lowest BCUT2D eigenvalue weighted by atomic mass is 9.98. The van der Waals surface area contributed by atoms with E-state index < -0.39 is 0 Å². The van der Waals surface area contributed by atoms with Gasteiger partial charge in [0.1, 0.15) is 11.5 Å². The minimum absolute atomic E-state index is 0.0246. The third-order valence-electron chi connectivity index (χ3n) is 4.05. The molecule has 1 aromatic rings. The van der Waals surface area contributed by atoms with Crippen molar-refractivity contribution in [1.29, 1.82) is 0 Å². The van der Waals surface area contributed by atoms with E-state index in [9.17, 15) is 15.0 Å². The van der Waals surface area contributed by atoms with Crippen molar-refractivity contribution >= 4 is 5.78 Å². The number of unbranched alkanes of at least 4 members (excludes halogenated alkanes) is 6. The van der Waals surface area contributed by atoms with E-state index in [0.717, 1.165) is 50.5 Å². The van der Waals surface area contributed by atoms with Crippen LogP contribution in [0.15, 0.2) is 12.1 Å². The Morgan fingerprint density at radius 3 is 2.14 bits per heavy atom. The number of hydrogen-bond acceptors (Lipinski definition) is 3. The highest BCUT2D eigenvalue weighted by atomic mass is 16.3. The Kier molecular flexibility index (Phi) is 8.64. The fourth-order valence-electron chi connectivity index (χ4n) is 2.63. The molecule has 0 bridgehead atoms. The quantitative estimate of drug-likeness (QED) is 0.426. The third kappa shape index (κ3) is 6.08. The van der Waals surface area contributed by atoms with Gasteiger partial charge in [0.2, 0.25) is 0 Å². The maximum absolute atomic E-state index is 12.2. The molecule has 1 aromatic carbocycles. The van der Waals surface area contributed by atoms with E-state index in [1.807, 2.05) is 0 Å². The first-order valence-electron chi connectivity index (χ1n) is 8.68. The van der Waals surface area contributed by atoms with Gasteiger partial charge < -0.3 is 10.2 Å². The van der Waals surface area contributed by atoms with Crippen molar-refractivity contribution in [2.75, 3.05) is 0 Å². The lowest BCUT2D eigenvalue weighted by molar-refractivity contribution is 0.0976. The largest absolute Gasteiger partial charge is 0.508 e. The normalized spacial score (nSPS) is 10.8. The second-order valence-corrected chi connectivity index (χ2v) is 6.04. The van der Waals surface area contributed by atoms with Crippen LogP contribution < -0.4 is 0 Å². The lowest BCUT2D eigenvalue weighted by Gasteiger charge is -2.10. The van der Waals surface area contributed by atoms with Crippen LogP contribution in [0.2, 0.25) is 0 Å². The zero-order valence-electron chi connectivity index (χ0n) is 14.0. The Bertz CT molecular complexity index is 466. The summed E-state index contributed by atoms with van der Waals surface area (Å²) < 4.78 is 0. The molecule has 0 heterocycles. The number of aryl methyl sites for hydroxylation is 1. The Morgan fingerprint density at radius 1 is 0.864 bits per heavy atom. The third-order valence-corrected chi connectivity index (χ3v) is 4.05. The molecule has 0 aliphatic heterocycles. The van der Waals surface area contributed by atoms with Crippen LogP contribution in [0.4, 0.5) is 0 Å². The number of ketones is 1. The van der Waals surface area contributed by atoms with Gasteiger partial charge in [-0.2, -0.15) is 0 Å². The van der Waals surface area contributed by atoms with Crippen molar-refractivity contribution in [2.24, 2.45) is 0 Å². The Morgan fingerprint density at radius 2 is 1.50 bits per heavy atom. The molecule has 0 unspecified atom stereocenters. The van der Waals surface area contributed by atoms with Gasteiger partial charge in [-0.1, -0.05) is 52.4 Å². The van der Waals surface area contributed by atoms with Crippen molar-refractivity contribution in [3.05, 3.63) is 23.3 Å². The summed E-state index contributed by atoms with van der Waals surface area (Å²) in [6.45, 7) is 4.30. The van der Waals surface area contributed by atoms with Crippen LogP contribution in [-0.4, -0.2) is 16.0 Å². The summed E-state index contributed by atoms with van der Waals surface area (Å²) in [6.07, 6.45) is 9.87. The summed E-state index contributed by atoms with van der Waals surface area (Å²) in [6, 6.07) is 2.99. The average molecular weight is 306 g/mol. The number of phenols is 2. The standard InChI is InChI=1S/C19H30O3/c1-3-5-7-9-11-15-13-16(19(22)14-18(15)21)17(20)12-10-8-6-4-2/h13-14,21-22H,3-12H2,1-2H3. The van der Waals surface area contributed by atoms with Crippen LogP contribution in [0, 0.1) is 0 Å². The number of phenolic OH excluding ortho intramolecular Hbond substituents is 2. The highest BCUT2D eigenvalue weighted by Gasteiger charge is 2.14. The summed E-state index contributed by atoms with van der Waals surface area (Å²) in [4.78, 5) is 12.2. The Hall–Kier alpha value is -1.51. The van der Waals surface area contributed by atoms with Crippen LogP contribution in [0.25, 0.3) is 0 Å². The van der Waals surface area contributed by atoms with Crippen molar-refractivity contribution in [3.63, 3.8) is 0 Å². The number of aromatic hydroxyl groups is 2. The monoisotopic (exact) mass is 306 g/mol. The summed E-state index contributed by atoms with van der Waals surface area (Å²) in [5.74, 6) is -0.0322. The second-order valence-electron chi connectivity index (χ2n) is 6.04. The van der Waals surface area contributed by atoms with E-state index in [2.05, 4.69) is 13.8 Å². The SMILES string of the molecule is CCCCCCC(=O)c1cc(CCCCCC)c(O)cc1O. The van der Waals surface area contributed by atoms with Gasteiger partial charge in [0.15, 0.2) is 5.78 Å². The first-order chi connectivity index (χ1) is 10.6. The maximum atomic E-state index is 12.2. The van der Waals surface area contributed by atoms with Gasteiger partial charge in [0, 0.05) is 12.5 Å². The number of carbonyl (C=O) groups excluding carboxylic acids is 1. The molecule has 22 heavy (non-hydrogen) atoms. The van der Waals surface area contributed by atoms with Gasteiger partial charge in [-0.25, -0.2) is 0 Å². The molecule has 124 valence electrons. The van der Waals surface area contributed by atoms with Crippen LogP contribution in [0.3, 0.4) is 0 Å². The van der Waals surface area contributed by atoms with Gasteiger partial charge >= 0.3 is 0 Å². The van der Waals surface area contributed by atoms with Crippen LogP contribution in [0.1, 0.15) is 87.6 Å². The molecule has 0 saturated carbocycles. The summed E-state index contributed by atoms with van der Waals surface area (Å²) in [5.41, 5.74) is 1.13. The fourth-order valence-corrected chi connectivity index (χ4v) is 2.63. The number of benzene rings is 1. The minimum Gasteiger partial charge on any atom is -0.508 e. The zero-order valence-corrected chi connectivity index (χ0v) is 14.0. The molecule has 1 rings (SSSR count). The second kappa shape index (κ2) is 10.3. The van der Waals surface area contributed by atoms with Crippen molar-refractivity contribution in [3.8, 4) is 11.5 Å². The molecule has 0 radical (unpaired) electrons. The van der Waals surface area contributed by atoms with Crippen LogP contribution in [0.5, 0.6) is 11.5 Å². The van der Waals surface area contributed by atoms with E-state index in [-0.39, 0.29) is 17.3 Å². The van der Waals surface area contributed by atoms with Gasteiger partial charge in [-0.3, -0.25) is 4.79 Å². The molecule has 0 saturated heterocycles. The molecule has 0 fully saturated rings. The number of rotatable bonds is 11. The average Bonchev–Trinajstić information content (AvgIpc) is 2.49. The summed E-state index contributed by atoms with van der Waals surface area (Å²) in [5, 5.41) is 19.8. The number of hydrogen-bond donors (Lipinski definition) is 2. The van der Waals surface area contributed by atoms with Gasteiger partial charge in [0.25, 0.3) is 0 Å². The molecular weight excluding hydrogens is 276 g/mol. The molecule has 0 aromatic heterocycles. The fraction of sp³-hybridized carbons (Fsp3) is 0.632. The first kappa shape index (κ1) is 18.5. The van der Waals surface area contributed by atoms with Crippen molar-refractivity contribution < 1.29 is 15.0 Å². The van der Waals surface area contributed by atoms with Crippen LogP contribution in [-0.2, 0) is 6.42 Å². The minimum atomic E-state index is -0.102. The molecule has 3 nitrogen and oxygen atoms in total. The topological polar surface area (TPSA) is 57.5 Å². The van der Waals surface area contributed by atoms with E-state index >= 15 is 0 Å². The molecule has 0 aliphatic rings. The lowest BCUT2D eigenvalue weighted by Crippen LogP contribution is -2.01. The Labute approximate surface area is 134 Å². The highest BCUT2D eigenvalue weighted by molar-refractivity contribution is 5.99. The highest BCUT2D eigenvalue weighted by Crippen LogP contribution is 2.30. The van der Waals surface area contributed by atoms with E-state index in [1.165, 1.54) is 18.9 Å². The van der Waals surface area contributed by atoms with E-state index in [1.54, 1.807) is 6.07 Å². The maximum Gasteiger partial charge on any atom is 0.166 e. The molecule has 0 spiro atoms. The van der Waals surface area contributed by atoms with E-state index in [4.69, 9.17) is 0 Å². The van der Waals surface area contributed by atoms with Gasteiger partial charge in [-0.15, -0.1) is 0 Å². The van der Waals surface area contributed by atoms with Gasteiger partial charge in [0.05, 0.1) is 5.56 Å². The van der Waals surface area contributed by atoms with Crippen molar-refractivity contribution in [1.82, 2.24) is 0 Å². The molecule has 0 atom stereocenters. The van der Waals surface area contributed by atoms with E-state index in [0.29, 0.717) is 12.0 Å². The molecule has 0 aliphatic carbocycles. The predicted octanol–water partition coefficient (Wildman–Crippen LogP) is 5.37. The van der Waals surface area contributed by atoms with Crippen molar-refractivity contribution in [2.45, 2.75) is 78.1 Å². The molecular formula is C19H30O3. The number of carbonyl (C=O) groups is 1. The zero-order chi connectivity index (χ0) is 16.4. The molecule has 3 heteroatoms.